The topological polar surface area (TPSA) is 95.9 Å². The Labute approximate surface area is 241 Å². The molecule has 2 bridgehead atoms. The average molecular weight is 585 g/mol. The number of hydrogen-bond acceptors (Lipinski definition) is 6. The highest BCUT2D eigenvalue weighted by Crippen LogP contribution is 2.46. The highest BCUT2D eigenvalue weighted by molar-refractivity contribution is 7.90. The largest absolute Gasteiger partial charge is 0.490 e. The number of amides is 1. The minimum Gasteiger partial charge on any atom is -0.490 e. The summed E-state index contributed by atoms with van der Waals surface area (Å²) in [6, 6.07) is 11.4. The van der Waals surface area contributed by atoms with E-state index in [2.05, 4.69) is 27.8 Å². The Hall–Kier alpha value is -2.55. The number of aryl methyl sites for hydroxylation is 1. The number of sulfonamides is 1. The molecule has 4 aliphatic rings. The first-order chi connectivity index (χ1) is 19.3. The molecule has 1 saturated carbocycles. The van der Waals surface area contributed by atoms with Crippen LogP contribution in [0.15, 0.2) is 48.6 Å². The number of anilines is 1. The molecule has 2 N–H and O–H groups in total. The number of fused-ring (bicyclic) bond motifs is 4. The van der Waals surface area contributed by atoms with Crippen LogP contribution in [0.2, 0.25) is 5.02 Å². The summed E-state index contributed by atoms with van der Waals surface area (Å²) in [7, 11) is -4.05. The molecule has 2 heterocycles. The Morgan fingerprint density at radius 2 is 1.95 bits per heavy atom. The van der Waals surface area contributed by atoms with Gasteiger partial charge in [-0.25, -0.2) is 13.1 Å². The monoisotopic (exact) mass is 584 g/mol. The van der Waals surface area contributed by atoms with Crippen molar-refractivity contribution in [2.45, 2.75) is 62.0 Å². The maximum Gasteiger partial charge on any atom is 0.264 e. The molecule has 1 spiro atoms. The fourth-order valence-electron chi connectivity index (χ4n) is 7.01. The number of halogens is 1. The third-order valence-corrected chi connectivity index (χ3v) is 11.4. The van der Waals surface area contributed by atoms with Crippen molar-refractivity contribution in [1.29, 1.82) is 0 Å². The van der Waals surface area contributed by atoms with Gasteiger partial charge in [-0.15, -0.1) is 0 Å². The quantitative estimate of drug-likeness (QED) is 0.458. The summed E-state index contributed by atoms with van der Waals surface area (Å²) in [6.07, 6.45) is 11.3. The van der Waals surface area contributed by atoms with Gasteiger partial charge < -0.3 is 14.7 Å². The van der Waals surface area contributed by atoms with Crippen molar-refractivity contribution >= 4 is 33.2 Å². The van der Waals surface area contributed by atoms with Crippen molar-refractivity contribution in [1.82, 2.24) is 4.72 Å². The highest BCUT2D eigenvalue weighted by Gasteiger charge is 2.43. The third kappa shape index (κ3) is 5.26. The van der Waals surface area contributed by atoms with Gasteiger partial charge in [0.1, 0.15) is 11.0 Å². The molecule has 2 aromatic rings. The zero-order valence-corrected chi connectivity index (χ0v) is 24.2. The maximum absolute atomic E-state index is 13.2. The van der Waals surface area contributed by atoms with Crippen molar-refractivity contribution in [2.75, 3.05) is 31.2 Å². The lowest BCUT2D eigenvalue weighted by molar-refractivity contribution is 0.0980. The number of nitrogens with zero attached hydrogens (tertiary/aromatic N) is 1. The molecule has 9 heteroatoms. The summed E-state index contributed by atoms with van der Waals surface area (Å²) in [5.41, 5.74) is 3.44. The van der Waals surface area contributed by atoms with Gasteiger partial charge in [0, 0.05) is 29.1 Å². The van der Waals surface area contributed by atoms with E-state index in [1.54, 1.807) is 18.2 Å². The molecular formula is C31H37ClN2O5S. The first-order valence-electron chi connectivity index (χ1n) is 14.4. The first kappa shape index (κ1) is 27.6. The van der Waals surface area contributed by atoms with E-state index in [0.29, 0.717) is 30.6 Å². The van der Waals surface area contributed by atoms with Crippen molar-refractivity contribution < 1.29 is 23.1 Å². The number of rotatable bonds is 1. The molecule has 6 rings (SSSR count). The second-order valence-corrected chi connectivity index (χ2v) is 14.3. The lowest BCUT2D eigenvalue weighted by Crippen LogP contribution is -2.48. The van der Waals surface area contributed by atoms with Gasteiger partial charge in [0.05, 0.1) is 18.9 Å². The predicted octanol–water partition coefficient (Wildman–Crippen LogP) is 5.00. The number of aliphatic hydroxyl groups is 1. The van der Waals surface area contributed by atoms with E-state index >= 15 is 0 Å². The summed E-state index contributed by atoms with van der Waals surface area (Å²) in [6.45, 7) is 1.60. The van der Waals surface area contributed by atoms with Crippen molar-refractivity contribution in [3.63, 3.8) is 0 Å². The Bertz CT molecular complexity index is 1430. The average Bonchev–Trinajstić information content (AvgIpc) is 3.06. The van der Waals surface area contributed by atoms with Crippen LogP contribution in [-0.4, -0.2) is 51.0 Å². The molecule has 0 radical (unpaired) electrons. The molecule has 214 valence electrons. The molecule has 1 fully saturated rings. The minimum atomic E-state index is -4.05. The van der Waals surface area contributed by atoms with Gasteiger partial charge in [-0.2, -0.15) is 0 Å². The number of ether oxygens (including phenoxy) is 1. The van der Waals surface area contributed by atoms with Crippen LogP contribution >= 0.6 is 11.6 Å². The van der Waals surface area contributed by atoms with Crippen LogP contribution < -0.4 is 14.4 Å². The smallest absolute Gasteiger partial charge is 0.264 e. The molecule has 0 saturated heterocycles. The lowest BCUT2D eigenvalue weighted by atomic mass is 9.69. The van der Waals surface area contributed by atoms with Crippen LogP contribution in [0.1, 0.15) is 66.4 Å². The van der Waals surface area contributed by atoms with Crippen LogP contribution in [0.3, 0.4) is 0 Å². The highest BCUT2D eigenvalue weighted by atomic mass is 35.5. The zero-order chi connectivity index (χ0) is 27.9. The number of nitrogens with one attached hydrogen (secondary N) is 1. The summed E-state index contributed by atoms with van der Waals surface area (Å²) < 4.78 is 34.7. The fourth-order valence-corrected chi connectivity index (χ4v) is 8.39. The number of allylic oxidation sites excluding steroid dienone is 2. The Morgan fingerprint density at radius 1 is 1.10 bits per heavy atom. The Balaban J connectivity index is 1.40. The van der Waals surface area contributed by atoms with Gasteiger partial charge in [-0.1, -0.05) is 29.8 Å². The van der Waals surface area contributed by atoms with Crippen LogP contribution in [0.5, 0.6) is 5.75 Å². The van der Waals surface area contributed by atoms with Crippen LogP contribution in [0.25, 0.3) is 0 Å². The van der Waals surface area contributed by atoms with Gasteiger partial charge in [-0.05, 0) is 105 Å². The van der Waals surface area contributed by atoms with E-state index in [1.165, 1.54) is 17.5 Å². The van der Waals surface area contributed by atoms with Gasteiger partial charge in [0.25, 0.3) is 5.91 Å². The molecule has 1 amide bonds. The van der Waals surface area contributed by atoms with E-state index in [9.17, 15) is 18.3 Å². The normalized spacial score (nSPS) is 30.6. The second kappa shape index (κ2) is 11.0. The molecule has 2 aromatic carbocycles. The van der Waals surface area contributed by atoms with Crippen molar-refractivity contribution in [3.8, 4) is 5.75 Å². The molecular weight excluding hydrogens is 548 g/mol. The minimum absolute atomic E-state index is 0.211. The van der Waals surface area contributed by atoms with E-state index in [0.717, 1.165) is 55.9 Å². The molecule has 0 aromatic heterocycles. The van der Waals surface area contributed by atoms with Crippen molar-refractivity contribution in [2.24, 2.45) is 11.8 Å². The first-order valence-corrected chi connectivity index (χ1v) is 16.3. The van der Waals surface area contributed by atoms with Gasteiger partial charge >= 0.3 is 0 Å². The van der Waals surface area contributed by atoms with E-state index in [1.807, 2.05) is 12.1 Å². The third-order valence-electron chi connectivity index (χ3n) is 9.47. The summed E-state index contributed by atoms with van der Waals surface area (Å²) in [5, 5.41) is 9.49. The van der Waals surface area contributed by atoms with Crippen molar-refractivity contribution in [3.05, 3.63) is 70.3 Å². The summed E-state index contributed by atoms with van der Waals surface area (Å²) >= 11 is 6.37. The predicted molar refractivity (Wildman–Crippen MR) is 157 cm³/mol. The van der Waals surface area contributed by atoms with Gasteiger partial charge in [0.15, 0.2) is 0 Å². The molecule has 40 heavy (non-hydrogen) atoms. The number of hydrogen-bond donors (Lipinski definition) is 2. The summed E-state index contributed by atoms with van der Waals surface area (Å²) in [4.78, 5) is 15.6. The standard InChI is InChI=1S/C31H37ClN2O5S/c32-25-11-12-27-22(15-25)6-4-14-31(27)19-34-17-24-9-8-21(24)5-2-1-3-7-26(18-35)40(37,38)33-30(36)23-10-13-29(39-20-31)28(34)16-23/h1-2,10-13,15-16,21,24,26,35H,3-9,14,17-20H2,(H,33,36)/b2-1+/t21-,24+,26+,31+/m1/s1. The van der Waals surface area contributed by atoms with E-state index in [4.69, 9.17) is 16.3 Å². The maximum atomic E-state index is 13.2. The molecule has 2 aliphatic heterocycles. The molecule has 4 atom stereocenters. The molecule has 7 nitrogen and oxygen atoms in total. The SMILES string of the molecule is O=C1NS(=O)(=O)[C@H](CO)CC/C=C/C[C@@H]2CC[C@H]2CN2C[C@@]3(CCCc4cc(Cl)ccc43)COc3ccc1cc32. The zero-order valence-electron chi connectivity index (χ0n) is 22.6. The Morgan fingerprint density at radius 3 is 2.75 bits per heavy atom. The van der Waals surface area contributed by atoms with Crippen LogP contribution in [0.4, 0.5) is 5.69 Å². The van der Waals surface area contributed by atoms with Gasteiger partial charge in [0.2, 0.25) is 10.0 Å². The fraction of sp³-hybridized carbons (Fsp3) is 0.516. The molecule has 2 aliphatic carbocycles. The number of carbonyl (C=O) groups is 1. The summed E-state index contributed by atoms with van der Waals surface area (Å²) in [5.74, 6) is 1.11. The Kier molecular flexibility index (Phi) is 7.61. The number of benzene rings is 2. The second-order valence-electron chi connectivity index (χ2n) is 11.9. The van der Waals surface area contributed by atoms with E-state index < -0.39 is 27.8 Å². The number of carbonyl (C=O) groups excluding carboxylic acids is 1. The van der Waals surface area contributed by atoms with E-state index in [-0.39, 0.29) is 17.4 Å². The van der Waals surface area contributed by atoms with Crippen LogP contribution in [-0.2, 0) is 21.9 Å². The van der Waals surface area contributed by atoms with Crippen LogP contribution in [0, 0.1) is 11.8 Å². The number of aliphatic hydroxyl groups excluding tert-OH is 1. The van der Waals surface area contributed by atoms with Gasteiger partial charge in [-0.3, -0.25) is 4.79 Å². The lowest BCUT2D eigenvalue weighted by Gasteiger charge is -2.44. The molecule has 0 unspecified atom stereocenters.